The Labute approximate surface area is 272 Å². The number of hydrogen-bond acceptors (Lipinski definition) is 6. The van der Waals surface area contributed by atoms with Crippen molar-refractivity contribution in [3.8, 4) is 5.75 Å². The predicted octanol–water partition coefficient (Wildman–Crippen LogP) is 5.18. The third-order valence-corrected chi connectivity index (χ3v) is 8.25. The fourth-order valence-corrected chi connectivity index (χ4v) is 5.38. The molecule has 0 unspecified atom stereocenters. The number of esters is 1. The molecular formula is C38H46N2O6. The van der Waals surface area contributed by atoms with Gasteiger partial charge in [0.2, 0.25) is 11.8 Å². The maximum absolute atomic E-state index is 13.4. The Morgan fingerprint density at radius 2 is 1.52 bits per heavy atom. The molecule has 1 heterocycles. The molecule has 0 bridgehead atoms. The van der Waals surface area contributed by atoms with Crippen LogP contribution in [0.4, 0.5) is 0 Å². The fourth-order valence-electron chi connectivity index (χ4n) is 5.38. The molecular weight excluding hydrogens is 580 g/mol. The highest BCUT2D eigenvalue weighted by Gasteiger charge is 2.28. The molecule has 4 rings (SSSR count). The molecule has 8 nitrogen and oxygen atoms in total. The summed E-state index contributed by atoms with van der Waals surface area (Å²) < 4.78 is 11.6. The fraction of sp³-hybridized carbons (Fsp3) is 0.395. The van der Waals surface area contributed by atoms with Gasteiger partial charge < -0.3 is 25.2 Å². The van der Waals surface area contributed by atoms with Crippen LogP contribution >= 0.6 is 0 Å². The number of aliphatic hydroxyl groups excluding tert-OH is 1. The van der Waals surface area contributed by atoms with Crippen LogP contribution < -0.4 is 15.4 Å². The SMILES string of the molecule is CC(C)[C@H]1COC(=O)[C@@H](Cc2ccccc2)CC=CC[C@H](CC(=O)N[C@H](CO)Cc2ccc(OCc3ccccc3)cc2)C(=O)N1. The molecule has 2 amide bonds. The molecule has 46 heavy (non-hydrogen) atoms. The Morgan fingerprint density at radius 3 is 2.15 bits per heavy atom. The summed E-state index contributed by atoms with van der Waals surface area (Å²) in [5.41, 5.74) is 3.08. The van der Waals surface area contributed by atoms with Crippen LogP contribution in [0, 0.1) is 17.8 Å². The zero-order valence-electron chi connectivity index (χ0n) is 26.8. The summed E-state index contributed by atoms with van der Waals surface area (Å²) in [5, 5.41) is 16.0. The molecule has 0 radical (unpaired) electrons. The van der Waals surface area contributed by atoms with Gasteiger partial charge in [0.1, 0.15) is 19.0 Å². The summed E-state index contributed by atoms with van der Waals surface area (Å²) >= 11 is 0. The Morgan fingerprint density at radius 1 is 0.891 bits per heavy atom. The van der Waals surface area contributed by atoms with Crippen LogP contribution in [-0.2, 0) is 38.6 Å². The first-order valence-electron chi connectivity index (χ1n) is 16.1. The van der Waals surface area contributed by atoms with Gasteiger partial charge >= 0.3 is 5.97 Å². The van der Waals surface area contributed by atoms with Crippen molar-refractivity contribution >= 4 is 17.8 Å². The monoisotopic (exact) mass is 626 g/mol. The minimum Gasteiger partial charge on any atom is -0.489 e. The quantitative estimate of drug-likeness (QED) is 0.189. The minimum atomic E-state index is -0.611. The van der Waals surface area contributed by atoms with Crippen LogP contribution in [-0.4, -0.2) is 48.2 Å². The number of hydrogen-bond donors (Lipinski definition) is 3. The predicted molar refractivity (Wildman–Crippen MR) is 178 cm³/mol. The maximum atomic E-state index is 13.4. The second-order valence-electron chi connectivity index (χ2n) is 12.3. The van der Waals surface area contributed by atoms with Gasteiger partial charge in [0.15, 0.2) is 0 Å². The van der Waals surface area contributed by atoms with Gasteiger partial charge in [0.25, 0.3) is 0 Å². The van der Waals surface area contributed by atoms with E-state index in [2.05, 4.69) is 10.6 Å². The van der Waals surface area contributed by atoms with Crippen molar-refractivity contribution in [1.82, 2.24) is 10.6 Å². The molecule has 3 N–H and O–H groups in total. The molecule has 0 saturated heterocycles. The van der Waals surface area contributed by atoms with E-state index in [1.807, 2.05) is 111 Å². The summed E-state index contributed by atoms with van der Waals surface area (Å²) in [6.07, 6.45) is 5.56. The molecule has 0 fully saturated rings. The third kappa shape index (κ3) is 11.2. The van der Waals surface area contributed by atoms with E-state index >= 15 is 0 Å². The molecule has 4 atom stereocenters. The molecule has 0 aliphatic carbocycles. The van der Waals surface area contributed by atoms with Gasteiger partial charge in [-0.15, -0.1) is 0 Å². The molecule has 1 aliphatic rings. The van der Waals surface area contributed by atoms with E-state index < -0.39 is 12.0 Å². The van der Waals surface area contributed by atoms with Gasteiger partial charge in [-0.2, -0.15) is 0 Å². The number of ether oxygens (including phenoxy) is 2. The summed E-state index contributed by atoms with van der Waals surface area (Å²) in [5.74, 6) is -1.06. The van der Waals surface area contributed by atoms with Crippen molar-refractivity contribution in [2.75, 3.05) is 13.2 Å². The Bertz CT molecular complexity index is 1410. The number of aliphatic hydroxyl groups is 1. The minimum absolute atomic E-state index is 0.0196. The normalized spacial score (nSPS) is 19.7. The van der Waals surface area contributed by atoms with Gasteiger partial charge in [0.05, 0.1) is 30.5 Å². The van der Waals surface area contributed by atoms with E-state index in [9.17, 15) is 19.5 Å². The van der Waals surface area contributed by atoms with Crippen molar-refractivity contribution < 1.29 is 29.0 Å². The lowest BCUT2D eigenvalue weighted by molar-refractivity contribution is -0.150. The standard InChI is InChI=1S/C38H46N2O6/c1-27(2)35-26-46-38(44)32(21-28-11-5-3-6-12-28)16-10-9-15-31(37(43)40-35)23-36(42)39-33(24-41)22-29-17-19-34(20-18-29)45-25-30-13-7-4-8-14-30/h3-14,17-20,27,31-33,35,41H,15-16,21-26H2,1-2H3,(H,39,42)(H,40,43)/t31-,32-,33+,35-/m1/s1. The molecule has 3 aromatic carbocycles. The lowest BCUT2D eigenvalue weighted by Gasteiger charge is -2.26. The van der Waals surface area contributed by atoms with E-state index in [1.165, 1.54) is 0 Å². The molecule has 3 aromatic rings. The molecule has 0 aromatic heterocycles. The van der Waals surface area contributed by atoms with Crippen LogP contribution in [0.2, 0.25) is 0 Å². The molecule has 0 spiro atoms. The number of rotatable bonds is 12. The van der Waals surface area contributed by atoms with E-state index in [-0.39, 0.29) is 55.3 Å². The van der Waals surface area contributed by atoms with Crippen LogP contribution in [0.5, 0.6) is 5.75 Å². The third-order valence-electron chi connectivity index (χ3n) is 8.25. The first-order chi connectivity index (χ1) is 22.3. The highest BCUT2D eigenvalue weighted by Crippen LogP contribution is 2.20. The topological polar surface area (TPSA) is 114 Å². The second kappa shape index (κ2) is 17.9. The zero-order chi connectivity index (χ0) is 32.7. The molecule has 0 saturated carbocycles. The van der Waals surface area contributed by atoms with Crippen molar-refractivity contribution in [3.05, 3.63) is 114 Å². The summed E-state index contributed by atoms with van der Waals surface area (Å²) in [7, 11) is 0. The number of allylic oxidation sites excluding steroid dienone is 2. The van der Waals surface area contributed by atoms with Gasteiger partial charge in [-0.3, -0.25) is 14.4 Å². The van der Waals surface area contributed by atoms with Crippen LogP contribution in [0.1, 0.15) is 49.8 Å². The second-order valence-corrected chi connectivity index (χ2v) is 12.3. The molecule has 1 aliphatic heterocycles. The zero-order valence-corrected chi connectivity index (χ0v) is 26.8. The lowest BCUT2D eigenvalue weighted by atomic mass is 9.93. The summed E-state index contributed by atoms with van der Waals surface area (Å²) in [6.45, 7) is 4.22. The molecule has 244 valence electrons. The van der Waals surface area contributed by atoms with E-state index in [0.29, 0.717) is 32.3 Å². The highest BCUT2D eigenvalue weighted by atomic mass is 16.5. The van der Waals surface area contributed by atoms with Crippen LogP contribution in [0.25, 0.3) is 0 Å². The van der Waals surface area contributed by atoms with Gasteiger partial charge in [-0.1, -0.05) is 98.8 Å². The average molecular weight is 627 g/mol. The number of carbonyl (C=O) groups is 3. The van der Waals surface area contributed by atoms with Gasteiger partial charge in [-0.25, -0.2) is 0 Å². The number of nitrogens with one attached hydrogen (secondary N) is 2. The van der Waals surface area contributed by atoms with E-state index in [1.54, 1.807) is 0 Å². The largest absolute Gasteiger partial charge is 0.489 e. The number of cyclic esters (lactones) is 1. The first-order valence-corrected chi connectivity index (χ1v) is 16.1. The van der Waals surface area contributed by atoms with Crippen LogP contribution in [0.15, 0.2) is 97.1 Å². The highest BCUT2D eigenvalue weighted by molar-refractivity contribution is 5.86. The van der Waals surface area contributed by atoms with E-state index in [4.69, 9.17) is 9.47 Å². The Kier molecular flexibility index (Phi) is 13.4. The van der Waals surface area contributed by atoms with Crippen molar-refractivity contribution in [3.63, 3.8) is 0 Å². The van der Waals surface area contributed by atoms with Crippen molar-refractivity contribution in [2.24, 2.45) is 17.8 Å². The smallest absolute Gasteiger partial charge is 0.309 e. The van der Waals surface area contributed by atoms with Gasteiger partial charge in [0, 0.05) is 6.42 Å². The van der Waals surface area contributed by atoms with Crippen molar-refractivity contribution in [1.29, 1.82) is 0 Å². The van der Waals surface area contributed by atoms with Crippen LogP contribution in [0.3, 0.4) is 0 Å². The molecule has 8 heteroatoms. The number of carbonyl (C=O) groups excluding carboxylic acids is 3. The maximum Gasteiger partial charge on any atom is 0.309 e. The first kappa shape index (κ1) is 34.4. The average Bonchev–Trinajstić information content (AvgIpc) is 3.06. The lowest BCUT2D eigenvalue weighted by Crippen LogP contribution is -2.47. The van der Waals surface area contributed by atoms with Gasteiger partial charge in [-0.05, 0) is 60.4 Å². The van der Waals surface area contributed by atoms with E-state index in [0.717, 1.165) is 22.4 Å². The number of amides is 2. The summed E-state index contributed by atoms with van der Waals surface area (Å²) in [4.78, 5) is 39.5. The summed E-state index contributed by atoms with van der Waals surface area (Å²) in [6, 6.07) is 26.5. The Balaban J connectivity index is 1.35. The number of benzene rings is 3. The van der Waals surface area contributed by atoms with Crippen molar-refractivity contribution in [2.45, 2.75) is 64.6 Å². The Hall–Kier alpha value is -4.43.